The minimum Gasteiger partial charge on any atom is -0.335 e. The van der Waals surface area contributed by atoms with E-state index in [0.717, 1.165) is 34.5 Å². The van der Waals surface area contributed by atoms with Crippen molar-refractivity contribution in [3.05, 3.63) is 114 Å². The Kier molecular flexibility index (Phi) is 6.97. The third kappa shape index (κ3) is 4.90. The first kappa shape index (κ1) is 25.2. The monoisotopic (exact) mass is 504 g/mol. The number of nitrogens with one attached hydrogen (secondary N) is 1. The first-order chi connectivity index (χ1) is 18.3. The Bertz CT molecular complexity index is 1590. The number of fused-ring (bicyclic) bond motifs is 1. The molecule has 6 nitrogen and oxygen atoms in total. The van der Waals surface area contributed by atoms with E-state index < -0.39 is 11.7 Å². The lowest BCUT2D eigenvalue weighted by Crippen LogP contribution is -2.24. The fraction of sp³-hybridized carbons (Fsp3) is 0.219. The standard InChI is InChI=1S/C32H32N4O2/c1-21(2)31-33-20-28(35(31)4)22(3)18-23-13-15-25(16-14-23)34-32(38)30(37)29-27(24-10-6-5-7-11-24)19-26-12-8-9-17-36(26)29/h5-17,19-22H,18H2,1-4H3,(H,34,38). The Morgan fingerprint density at radius 2 is 1.63 bits per heavy atom. The molecule has 1 N–H and O–H groups in total. The van der Waals surface area contributed by atoms with Crippen molar-refractivity contribution < 1.29 is 9.59 Å². The number of aromatic nitrogens is 3. The van der Waals surface area contributed by atoms with Gasteiger partial charge >= 0.3 is 0 Å². The number of imidazole rings is 1. The van der Waals surface area contributed by atoms with Gasteiger partial charge in [0, 0.05) is 53.7 Å². The fourth-order valence-corrected chi connectivity index (χ4v) is 5.10. The van der Waals surface area contributed by atoms with Crippen LogP contribution in [0.3, 0.4) is 0 Å². The number of anilines is 1. The van der Waals surface area contributed by atoms with Crippen LogP contribution in [0.4, 0.5) is 5.69 Å². The molecule has 1 amide bonds. The second-order valence-corrected chi connectivity index (χ2v) is 10.1. The summed E-state index contributed by atoms with van der Waals surface area (Å²) < 4.78 is 3.96. The van der Waals surface area contributed by atoms with Crippen LogP contribution in [-0.4, -0.2) is 25.6 Å². The number of benzene rings is 2. The molecule has 38 heavy (non-hydrogen) atoms. The van der Waals surface area contributed by atoms with Crippen LogP contribution in [0.25, 0.3) is 16.6 Å². The van der Waals surface area contributed by atoms with E-state index >= 15 is 0 Å². The quantitative estimate of drug-likeness (QED) is 0.190. The molecule has 0 bridgehead atoms. The number of hydrogen-bond donors (Lipinski definition) is 1. The van der Waals surface area contributed by atoms with E-state index in [1.54, 1.807) is 4.40 Å². The van der Waals surface area contributed by atoms with Crippen LogP contribution in [0, 0.1) is 0 Å². The Morgan fingerprint density at radius 3 is 2.32 bits per heavy atom. The largest absolute Gasteiger partial charge is 0.335 e. The second kappa shape index (κ2) is 10.5. The van der Waals surface area contributed by atoms with E-state index in [2.05, 4.69) is 42.7 Å². The number of rotatable bonds is 8. The average molecular weight is 505 g/mol. The summed E-state index contributed by atoms with van der Waals surface area (Å²) in [6, 6.07) is 25.0. The van der Waals surface area contributed by atoms with Gasteiger partial charge in [0.25, 0.3) is 11.7 Å². The number of ketones is 1. The summed E-state index contributed by atoms with van der Waals surface area (Å²) in [5.41, 5.74) is 5.77. The first-order valence-electron chi connectivity index (χ1n) is 12.9. The van der Waals surface area contributed by atoms with Crippen LogP contribution in [0.15, 0.2) is 91.3 Å². The van der Waals surface area contributed by atoms with Crippen LogP contribution in [0.2, 0.25) is 0 Å². The molecule has 192 valence electrons. The van der Waals surface area contributed by atoms with Crippen molar-refractivity contribution in [1.29, 1.82) is 0 Å². The molecular weight excluding hydrogens is 472 g/mol. The molecule has 0 saturated heterocycles. The van der Waals surface area contributed by atoms with Crippen molar-refractivity contribution in [2.45, 2.75) is 39.0 Å². The number of hydrogen-bond acceptors (Lipinski definition) is 3. The number of amides is 1. The second-order valence-electron chi connectivity index (χ2n) is 10.1. The van der Waals surface area contributed by atoms with E-state index in [9.17, 15) is 9.59 Å². The summed E-state index contributed by atoms with van der Waals surface area (Å²) in [5, 5.41) is 2.79. The molecule has 2 aromatic carbocycles. The van der Waals surface area contributed by atoms with Crippen LogP contribution in [0.5, 0.6) is 0 Å². The molecule has 0 aliphatic carbocycles. The van der Waals surface area contributed by atoms with E-state index in [1.807, 2.05) is 91.3 Å². The normalized spacial score (nSPS) is 12.1. The van der Waals surface area contributed by atoms with Crippen LogP contribution in [0.1, 0.15) is 60.2 Å². The minimum atomic E-state index is -0.664. The average Bonchev–Trinajstić information content (AvgIpc) is 3.51. The zero-order valence-electron chi connectivity index (χ0n) is 22.2. The molecule has 0 aliphatic rings. The molecule has 6 heteroatoms. The summed E-state index contributed by atoms with van der Waals surface area (Å²) in [5.74, 6) is 0.509. The van der Waals surface area contributed by atoms with Gasteiger partial charge in [0.1, 0.15) is 11.5 Å². The summed E-state index contributed by atoms with van der Waals surface area (Å²) in [6.07, 6.45) is 4.63. The maximum absolute atomic E-state index is 13.4. The molecule has 3 aromatic heterocycles. The van der Waals surface area contributed by atoms with Crippen LogP contribution in [-0.2, 0) is 18.3 Å². The summed E-state index contributed by atoms with van der Waals surface area (Å²) in [4.78, 5) is 31.1. The molecule has 0 aliphatic heterocycles. The lowest BCUT2D eigenvalue weighted by atomic mass is 9.98. The van der Waals surface area contributed by atoms with E-state index in [-0.39, 0.29) is 0 Å². The third-order valence-corrected chi connectivity index (χ3v) is 7.02. The summed E-state index contributed by atoms with van der Waals surface area (Å²) in [6.45, 7) is 6.49. The van der Waals surface area contributed by atoms with Gasteiger partial charge in [-0.3, -0.25) is 9.59 Å². The van der Waals surface area contributed by atoms with Gasteiger partial charge in [-0.05, 0) is 47.9 Å². The SMILES string of the molecule is CC(C)c1ncc(C(C)Cc2ccc(NC(=O)C(=O)c3c(-c4ccccc4)cc4ccccn34)cc2)n1C. The van der Waals surface area contributed by atoms with E-state index in [0.29, 0.717) is 23.2 Å². The predicted octanol–water partition coefficient (Wildman–Crippen LogP) is 6.63. The topological polar surface area (TPSA) is 68.4 Å². The number of carbonyl (C=O) groups is 2. The number of nitrogens with zero attached hydrogens (tertiary/aromatic N) is 3. The lowest BCUT2D eigenvalue weighted by molar-refractivity contribution is -0.112. The number of Topliss-reactive ketones (excluding diaryl/α,β-unsaturated/α-hetero) is 1. The van der Waals surface area contributed by atoms with E-state index in [4.69, 9.17) is 0 Å². The molecule has 0 spiro atoms. The Balaban J connectivity index is 1.32. The van der Waals surface area contributed by atoms with Gasteiger partial charge in [0.05, 0.1) is 0 Å². The van der Waals surface area contributed by atoms with Crippen molar-refractivity contribution in [1.82, 2.24) is 14.0 Å². The third-order valence-electron chi connectivity index (χ3n) is 7.02. The maximum atomic E-state index is 13.4. The Hall–Kier alpha value is -4.45. The Morgan fingerprint density at radius 1 is 0.921 bits per heavy atom. The molecule has 5 rings (SSSR count). The molecule has 1 unspecified atom stereocenters. The van der Waals surface area contributed by atoms with Crippen molar-refractivity contribution >= 4 is 22.9 Å². The van der Waals surface area contributed by atoms with Crippen LogP contribution < -0.4 is 5.32 Å². The van der Waals surface area contributed by atoms with Crippen molar-refractivity contribution in [2.75, 3.05) is 5.32 Å². The zero-order chi connectivity index (χ0) is 26.8. The predicted molar refractivity (Wildman–Crippen MR) is 152 cm³/mol. The molecule has 0 fully saturated rings. The van der Waals surface area contributed by atoms with Crippen molar-refractivity contribution in [3.8, 4) is 11.1 Å². The van der Waals surface area contributed by atoms with Gasteiger partial charge < -0.3 is 14.3 Å². The Labute approximate surface area is 223 Å². The van der Waals surface area contributed by atoms with Gasteiger partial charge in [-0.15, -0.1) is 0 Å². The smallest absolute Gasteiger partial charge is 0.298 e. The first-order valence-corrected chi connectivity index (χ1v) is 12.9. The molecular formula is C32H32N4O2. The van der Waals surface area contributed by atoms with Gasteiger partial charge in [-0.25, -0.2) is 4.98 Å². The van der Waals surface area contributed by atoms with Crippen molar-refractivity contribution in [3.63, 3.8) is 0 Å². The van der Waals surface area contributed by atoms with E-state index in [1.165, 1.54) is 5.69 Å². The highest BCUT2D eigenvalue weighted by Crippen LogP contribution is 2.29. The highest BCUT2D eigenvalue weighted by molar-refractivity contribution is 6.47. The number of carbonyl (C=O) groups excluding carboxylic acids is 2. The number of pyridine rings is 1. The zero-order valence-corrected chi connectivity index (χ0v) is 22.2. The van der Waals surface area contributed by atoms with Gasteiger partial charge in [-0.2, -0.15) is 0 Å². The molecule has 1 atom stereocenters. The maximum Gasteiger partial charge on any atom is 0.298 e. The molecule has 0 radical (unpaired) electrons. The van der Waals surface area contributed by atoms with Gasteiger partial charge in [0.15, 0.2) is 0 Å². The van der Waals surface area contributed by atoms with Crippen molar-refractivity contribution in [2.24, 2.45) is 7.05 Å². The molecule has 0 saturated carbocycles. The fourth-order valence-electron chi connectivity index (χ4n) is 5.10. The molecule has 3 heterocycles. The highest BCUT2D eigenvalue weighted by Gasteiger charge is 2.25. The van der Waals surface area contributed by atoms with Gasteiger partial charge in [0.2, 0.25) is 0 Å². The lowest BCUT2D eigenvalue weighted by Gasteiger charge is -2.15. The minimum absolute atomic E-state index is 0.293. The molecule has 5 aromatic rings. The van der Waals surface area contributed by atoms with Gasteiger partial charge in [-0.1, -0.05) is 69.3 Å². The summed E-state index contributed by atoms with van der Waals surface area (Å²) >= 11 is 0. The summed E-state index contributed by atoms with van der Waals surface area (Å²) in [7, 11) is 2.07. The van der Waals surface area contributed by atoms with Crippen LogP contribution >= 0.6 is 0 Å². The highest BCUT2D eigenvalue weighted by atomic mass is 16.2.